The molecule has 0 saturated heterocycles. The monoisotopic (exact) mass is 239 g/mol. The minimum atomic E-state index is 0.318. The van der Waals surface area contributed by atoms with Crippen molar-refractivity contribution in [2.24, 2.45) is 0 Å². The number of benzene rings is 1. The van der Waals surface area contributed by atoms with Gasteiger partial charge in [0.15, 0.2) is 0 Å². The second-order valence-corrected chi connectivity index (χ2v) is 4.90. The van der Waals surface area contributed by atoms with E-state index in [4.69, 9.17) is 4.74 Å². The molecule has 2 nitrogen and oxygen atoms in total. The van der Waals surface area contributed by atoms with Crippen molar-refractivity contribution in [3.63, 3.8) is 0 Å². The maximum absolute atomic E-state index is 5.36. The van der Waals surface area contributed by atoms with Crippen LogP contribution in [-0.4, -0.2) is 25.2 Å². The second-order valence-electron chi connectivity index (χ2n) is 3.99. The minimum absolute atomic E-state index is 0.318. The predicted octanol–water partition coefficient (Wildman–Crippen LogP) is 3.10. The Hall–Kier alpha value is -0.670. The Kier molecular flexibility index (Phi) is 5.71. The molecular weight excluding hydrogens is 218 g/mol. The van der Waals surface area contributed by atoms with Gasteiger partial charge in [0.1, 0.15) is 5.75 Å². The lowest BCUT2D eigenvalue weighted by Gasteiger charge is -2.21. The van der Waals surface area contributed by atoms with Gasteiger partial charge in [0.25, 0.3) is 0 Å². The molecule has 1 aromatic carbocycles. The predicted molar refractivity (Wildman–Crippen MR) is 72.4 cm³/mol. The third kappa shape index (κ3) is 3.72. The van der Waals surface area contributed by atoms with Crippen LogP contribution in [0, 0.1) is 0 Å². The fraction of sp³-hybridized carbons (Fsp3) is 0.538. The Balaban J connectivity index is 2.68. The van der Waals surface area contributed by atoms with Crippen molar-refractivity contribution in [3.05, 3.63) is 29.8 Å². The molecule has 0 aliphatic carbocycles. The average molecular weight is 239 g/mol. The van der Waals surface area contributed by atoms with Crippen molar-refractivity contribution in [1.82, 2.24) is 5.32 Å². The molecule has 90 valence electrons. The molecule has 16 heavy (non-hydrogen) atoms. The average Bonchev–Trinajstić information content (AvgIpc) is 2.29. The Bertz CT molecular complexity index is 317. The van der Waals surface area contributed by atoms with Crippen LogP contribution in [0.25, 0.3) is 0 Å². The quantitative estimate of drug-likeness (QED) is 0.824. The summed E-state index contributed by atoms with van der Waals surface area (Å²) in [5, 5.41) is 3.57. The topological polar surface area (TPSA) is 21.3 Å². The van der Waals surface area contributed by atoms with Gasteiger partial charge in [0.05, 0.1) is 7.11 Å². The highest BCUT2D eigenvalue weighted by molar-refractivity contribution is 7.98. The van der Waals surface area contributed by atoms with Crippen LogP contribution >= 0.6 is 11.8 Å². The van der Waals surface area contributed by atoms with Gasteiger partial charge in [-0.3, -0.25) is 0 Å². The van der Waals surface area contributed by atoms with E-state index in [1.807, 2.05) is 23.9 Å². The van der Waals surface area contributed by atoms with E-state index in [2.05, 4.69) is 37.6 Å². The minimum Gasteiger partial charge on any atom is -0.496 e. The molecule has 0 aliphatic rings. The lowest BCUT2D eigenvalue weighted by Crippen LogP contribution is -2.30. The maximum Gasteiger partial charge on any atom is 0.123 e. The first-order valence-corrected chi connectivity index (χ1v) is 6.96. The third-order valence-corrected chi connectivity index (χ3v) is 3.39. The van der Waals surface area contributed by atoms with Crippen molar-refractivity contribution in [2.45, 2.75) is 25.9 Å². The zero-order chi connectivity index (χ0) is 12.0. The number of thioether (sulfide) groups is 1. The summed E-state index contributed by atoms with van der Waals surface area (Å²) in [7, 11) is 1.72. The van der Waals surface area contributed by atoms with Crippen molar-refractivity contribution in [1.29, 1.82) is 0 Å². The number of hydrogen-bond donors (Lipinski definition) is 1. The lowest BCUT2D eigenvalue weighted by molar-refractivity contribution is 0.398. The first-order valence-electron chi connectivity index (χ1n) is 5.57. The van der Waals surface area contributed by atoms with Gasteiger partial charge >= 0.3 is 0 Å². The third-order valence-electron chi connectivity index (χ3n) is 2.56. The molecule has 0 aromatic heterocycles. The van der Waals surface area contributed by atoms with Gasteiger partial charge in [-0.2, -0.15) is 11.8 Å². The molecule has 0 spiro atoms. The number of para-hydroxylation sites is 1. The molecule has 2 unspecified atom stereocenters. The first-order chi connectivity index (χ1) is 7.69. The summed E-state index contributed by atoms with van der Waals surface area (Å²) in [5.74, 6) is 2.08. The van der Waals surface area contributed by atoms with Crippen LogP contribution in [-0.2, 0) is 0 Å². The van der Waals surface area contributed by atoms with Crippen molar-refractivity contribution >= 4 is 11.8 Å². The van der Waals surface area contributed by atoms with Crippen LogP contribution in [0.2, 0.25) is 0 Å². The van der Waals surface area contributed by atoms with Crippen LogP contribution in [0.4, 0.5) is 0 Å². The maximum atomic E-state index is 5.36. The van der Waals surface area contributed by atoms with E-state index >= 15 is 0 Å². The van der Waals surface area contributed by atoms with Gasteiger partial charge in [-0.25, -0.2) is 0 Å². The summed E-state index contributed by atoms with van der Waals surface area (Å²) in [6.07, 6.45) is 2.13. The molecule has 1 N–H and O–H groups in total. The lowest BCUT2D eigenvalue weighted by atomic mass is 10.1. The molecule has 0 radical (unpaired) electrons. The zero-order valence-electron chi connectivity index (χ0n) is 10.5. The summed E-state index contributed by atoms with van der Waals surface area (Å²) in [4.78, 5) is 0. The van der Waals surface area contributed by atoms with Gasteiger partial charge in [-0.15, -0.1) is 0 Å². The molecule has 0 bridgehead atoms. The van der Waals surface area contributed by atoms with E-state index < -0.39 is 0 Å². The molecule has 0 saturated carbocycles. The number of methoxy groups -OCH3 is 1. The second kappa shape index (κ2) is 6.81. The van der Waals surface area contributed by atoms with Crippen LogP contribution in [0.15, 0.2) is 24.3 Å². The number of ether oxygens (including phenoxy) is 1. The molecular formula is C13H21NOS. The van der Waals surface area contributed by atoms with E-state index in [0.717, 1.165) is 11.5 Å². The smallest absolute Gasteiger partial charge is 0.123 e. The van der Waals surface area contributed by atoms with Crippen LogP contribution in [0.5, 0.6) is 5.75 Å². The Morgan fingerprint density at radius 1 is 1.31 bits per heavy atom. The summed E-state index contributed by atoms with van der Waals surface area (Å²) in [6, 6.07) is 9.00. The molecule has 0 aliphatic heterocycles. The van der Waals surface area contributed by atoms with Gasteiger partial charge < -0.3 is 10.1 Å². The van der Waals surface area contributed by atoms with Gasteiger partial charge in [-0.1, -0.05) is 18.2 Å². The highest BCUT2D eigenvalue weighted by Gasteiger charge is 2.12. The van der Waals surface area contributed by atoms with E-state index in [9.17, 15) is 0 Å². The van der Waals surface area contributed by atoms with E-state index in [1.165, 1.54) is 5.56 Å². The van der Waals surface area contributed by atoms with Crippen LogP contribution in [0.3, 0.4) is 0 Å². The van der Waals surface area contributed by atoms with Crippen LogP contribution < -0.4 is 10.1 Å². The molecule has 2 atom stereocenters. The Morgan fingerprint density at radius 3 is 2.62 bits per heavy atom. The van der Waals surface area contributed by atoms with E-state index in [1.54, 1.807) is 7.11 Å². The molecule has 3 heteroatoms. The molecule has 0 heterocycles. The van der Waals surface area contributed by atoms with Crippen LogP contribution in [0.1, 0.15) is 25.5 Å². The Labute approximate surface area is 103 Å². The summed E-state index contributed by atoms with van der Waals surface area (Å²) in [5.41, 5.74) is 1.22. The SMILES string of the molecule is COc1ccccc1C(C)NC(C)CSC. The summed E-state index contributed by atoms with van der Waals surface area (Å²) < 4.78 is 5.36. The largest absolute Gasteiger partial charge is 0.496 e. The zero-order valence-corrected chi connectivity index (χ0v) is 11.3. The molecule has 0 amide bonds. The summed E-state index contributed by atoms with van der Waals surface area (Å²) in [6.45, 7) is 4.39. The number of hydrogen-bond acceptors (Lipinski definition) is 3. The van der Waals surface area contributed by atoms with Gasteiger partial charge in [0.2, 0.25) is 0 Å². The highest BCUT2D eigenvalue weighted by Crippen LogP contribution is 2.24. The highest BCUT2D eigenvalue weighted by atomic mass is 32.2. The van der Waals surface area contributed by atoms with Crippen molar-refractivity contribution in [3.8, 4) is 5.75 Å². The standard InChI is InChI=1S/C13H21NOS/c1-10(9-16-4)14-11(2)12-7-5-6-8-13(12)15-3/h5-8,10-11,14H,9H2,1-4H3. The van der Waals surface area contributed by atoms with Gasteiger partial charge in [0, 0.05) is 23.4 Å². The molecule has 1 aromatic rings. The van der Waals surface area contributed by atoms with E-state index in [-0.39, 0.29) is 0 Å². The number of rotatable bonds is 6. The van der Waals surface area contributed by atoms with E-state index in [0.29, 0.717) is 12.1 Å². The summed E-state index contributed by atoms with van der Waals surface area (Å²) >= 11 is 1.86. The molecule has 1 rings (SSSR count). The Morgan fingerprint density at radius 2 is 2.00 bits per heavy atom. The fourth-order valence-electron chi connectivity index (χ4n) is 1.84. The fourth-order valence-corrected chi connectivity index (χ4v) is 2.44. The molecule has 0 fully saturated rings. The van der Waals surface area contributed by atoms with Crippen molar-refractivity contribution < 1.29 is 4.74 Å². The van der Waals surface area contributed by atoms with Crippen molar-refractivity contribution in [2.75, 3.05) is 19.1 Å². The number of nitrogens with one attached hydrogen (secondary N) is 1. The van der Waals surface area contributed by atoms with Gasteiger partial charge in [-0.05, 0) is 26.2 Å². The normalized spacial score (nSPS) is 14.5. The first kappa shape index (κ1) is 13.4.